The van der Waals surface area contributed by atoms with Crippen LogP contribution < -0.4 is 10.5 Å². The van der Waals surface area contributed by atoms with E-state index >= 15 is 0 Å². The average Bonchev–Trinajstić information content (AvgIpc) is 3.01. The van der Waals surface area contributed by atoms with E-state index in [2.05, 4.69) is 46.0 Å². The van der Waals surface area contributed by atoms with E-state index in [1.165, 1.54) is 18.2 Å². The largest absolute Gasteiger partial charge is 0.481 e. The number of esters is 1. The second-order valence-electron chi connectivity index (χ2n) is 7.30. The molecule has 0 bridgehead atoms. The lowest BCUT2D eigenvalue weighted by Gasteiger charge is -2.18. The van der Waals surface area contributed by atoms with Crippen LogP contribution in [0.1, 0.15) is 28.2 Å². The number of aryl methyl sites for hydroxylation is 2. The van der Waals surface area contributed by atoms with Gasteiger partial charge in [-0.15, -0.1) is 12.4 Å². The van der Waals surface area contributed by atoms with Crippen LogP contribution in [0.25, 0.3) is 0 Å². The summed E-state index contributed by atoms with van der Waals surface area (Å²) in [5.74, 6) is 0.747. The number of methoxy groups -OCH3 is 1. The highest BCUT2D eigenvalue weighted by molar-refractivity contribution is 5.85. The molecule has 0 aliphatic carbocycles. The first kappa shape index (κ1) is 22.2. The number of nitrogens with zero attached hydrogens (tertiary/aromatic N) is 1. The highest BCUT2D eigenvalue weighted by Crippen LogP contribution is 2.29. The SMILES string of the molecule is COC(=O)COc1c(C)cc(CN2C[C@@H](N)[C@H](c3ccccc3)C2)cc1C.Cl. The average molecular weight is 405 g/mol. The van der Waals surface area contributed by atoms with E-state index in [0.29, 0.717) is 5.92 Å². The van der Waals surface area contributed by atoms with Gasteiger partial charge < -0.3 is 15.2 Å². The number of ether oxygens (including phenoxy) is 2. The van der Waals surface area contributed by atoms with Gasteiger partial charge in [-0.3, -0.25) is 4.90 Å². The van der Waals surface area contributed by atoms with Crippen LogP contribution in [0.15, 0.2) is 42.5 Å². The summed E-state index contributed by atoms with van der Waals surface area (Å²) in [6.45, 7) is 6.65. The Kier molecular flexibility index (Phi) is 7.87. The van der Waals surface area contributed by atoms with Gasteiger partial charge in [-0.05, 0) is 36.1 Å². The first-order chi connectivity index (χ1) is 13.0. The molecule has 3 rings (SSSR count). The molecule has 0 spiro atoms. The minimum Gasteiger partial charge on any atom is -0.481 e. The van der Waals surface area contributed by atoms with Crippen LogP contribution in [-0.4, -0.2) is 43.7 Å². The van der Waals surface area contributed by atoms with Crippen molar-refractivity contribution < 1.29 is 14.3 Å². The van der Waals surface area contributed by atoms with Crippen molar-refractivity contribution in [2.75, 3.05) is 26.8 Å². The lowest BCUT2D eigenvalue weighted by Crippen LogP contribution is -2.28. The Morgan fingerprint density at radius 3 is 2.39 bits per heavy atom. The molecule has 1 aliphatic rings. The normalized spacial score (nSPS) is 19.1. The molecular weight excluding hydrogens is 376 g/mol. The third-order valence-electron chi connectivity index (χ3n) is 5.16. The number of likely N-dealkylation sites (tertiary alicyclic amines) is 1. The number of hydrogen-bond acceptors (Lipinski definition) is 5. The number of rotatable bonds is 6. The molecular formula is C22H29ClN2O3. The summed E-state index contributed by atoms with van der Waals surface area (Å²) in [6.07, 6.45) is 0. The molecule has 1 aliphatic heterocycles. The molecule has 28 heavy (non-hydrogen) atoms. The molecule has 6 heteroatoms. The lowest BCUT2D eigenvalue weighted by molar-refractivity contribution is -0.142. The molecule has 0 unspecified atom stereocenters. The summed E-state index contributed by atoms with van der Waals surface area (Å²) in [5, 5.41) is 0. The molecule has 0 radical (unpaired) electrons. The van der Waals surface area contributed by atoms with Crippen LogP contribution in [0.4, 0.5) is 0 Å². The van der Waals surface area contributed by atoms with Crippen LogP contribution in [0.5, 0.6) is 5.75 Å². The molecule has 0 amide bonds. The van der Waals surface area contributed by atoms with Crippen molar-refractivity contribution in [2.45, 2.75) is 32.4 Å². The Morgan fingerprint density at radius 1 is 1.14 bits per heavy atom. The van der Waals surface area contributed by atoms with E-state index in [1.54, 1.807) is 0 Å². The smallest absolute Gasteiger partial charge is 0.343 e. The first-order valence-electron chi connectivity index (χ1n) is 9.30. The molecule has 2 aromatic carbocycles. The Hall–Kier alpha value is -2.08. The van der Waals surface area contributed by atoms with E-state index in [1.807, 2.05) is 19.9 Å². The molecule has 1 fully saturated rings. The van der Waals surface area contributed by atoms with Gasteiger partial charge in [-0.25, -0.2) is 4.79 Å². The van der Waals surface area contributed by atoms with Gasteiger partial charge in [0.05, 0.1) is 7.11 Å². The number of hydrogen-bond donors (Lipinski definition) is 1. The fraction of sp³-hybridized carbons (Fsp3) is 0.409. The Morgan fingerprint density at radius 2 is 1.79 bits per heavy atom. The van der Waals surface area contributed by atoms with E-state index < -0.39 is 0 Å². The molecule has 152 valence electrons. The quantitative estimate of drug-likeness (QED) is 0.749. The maximum atomic E-state index is 11.3. The van der Waals surface area contributed by atoms with E-state index in [-0.39, 0.29) is 31.0 Å². The predicted octanol–water partition coefficient (Wildman–Crippen LogP) is 3.20. The topological polar surface area (TPSA) is 64.8 Å². The third kappa shape index (κ3) is 5.25. The zero-order valence-electron chi connectivity index (χ0n) is 16.7. The Labute approximate surface area is 173 Å². The fourth-order valence-corrected chi connectivity index (χ4v) is 3.90. The van der Waals surface area contributed by atoms with Crippen molar-refractivity contribution in [3.05, 3.63) is 64.7 Å². The monoisotopic (exact) mass is 404 g/mol. The second-order valence-corrected chi connectivity index (χ2v) is 7.30. The molecule has 1 heterocycles. The summed E-state index contributed by atoms with van der Waals surface area (Å²) < 4.78 is 10.3. The highest BCUT2D eigenvalue weighted by Gasteiger charge is 2.31. The molecule has 2 aromatic rings. The summed E-state index contributed by atoms with van der Waals surface area (Å²) in [7, 11) is 1.36. The third-order valence-corrected chi connectivity index (χ3v) is 5.16. The number of carbonyl (C=O) groups is 1. The lowest BCUT2D eigenvalue weighted by atomic mass is 9.95. The van der Waals surface area contributed by atoms with Gasteiger partial charge in [0.2, 0.25) is 0 Å². The Balaban J connectivity index is 0.00000280. The Bertz CT molecular complexity index is 775. The first-order valence-corrected chi connectivity index (χ1v) is 9.30. The van der Waals surface area contributed by atoms with Crippen LogP contribution in [0, 0.1) is 13.8 Å². The number of carbonyl (C=O) groups excluding carboxylic acids is 1. The number of halogens is 1. The van der Waals surface area contributed by atoms with Crippen LogP contribution in [0.2, 0.25) is 0 Å². The maximum absolute atomic E-state index is 11.3. The van der Waals surface area contributed by atoms with Gasteiger partial charge in [-0.1, -0.05) is 42.5 Å². The predicted molar refractivity (Wildman–Crippen MR) is 113 cm³/mol. The maximum Gasteiger partial charge on any atom is 0.343 e. The van der Waals surface area contributed by atoms with Gasteiger partial charge in [0.1, 0.15) is 5.75 Å². The molecule has 2 N–H and O–H groups in total. The van der Waals surface area contributed by atoms with Gasteiger partial charge in [0.25, 0.3) is 0 Å². The van der Waals surface area contributed by atoms with Crippen LogP contribution in [0.3, 0.4) is 0 Å². The van der Waals surface area contributed by atoms with Gasteiger partial charge in [-0.2, -0.15) is 0 Å². The van der Waals surface area contributed by atoms with E-state index in [4.69, 9.17) is 10.5 Å². The zero-order valence-corrected chi connectivity index (χ0v) is 17.5. The summed E-state index contributed by atoms with van der Waals surface area (Å²) in [5.41, 5.74) is 11.0. The van der Waals surface area contributed by atoms with Crippen molar-refractivity contribution in [1.29, 1.82) is 0 Å². The summed E-state index contributed by atoms with van der Waals surface area (Å²) >= 11 is 0. The minimum absolute atomic E-state index is 0. The van der Waals surface area contributed by atoms with Crippen LogP contribution >= 0.6 is 12.4 Å². The number of benzene rings is 2. The van der Waals surface area contributed by atoms with Crippen molar-refractivity contribution in [3.8, 4) is 5.75 Å². The molecule has 0 saturated carbocycles. The van der Waals surface area contributed by atoms with Gasteiger partial charge in [0.15, 0.2) is 6.61 Å². The zero-order chi connectivity index (χ0) is 19.4. The number of nitrogens with two attached hydrogens (primary N) is 1. The standard InChI is InChI=1S/C22H28N2O3.ClH/c1-15-9-17(10-16(2)22(15)27-14-21(25)26-3)11-24-12-19(20(23)13-24)18-7-5-4-6-8-18;/h4-10,19-20H,11-14,23H2,1-3H3;1H/t19-,20+;/m0./s1. The van der Waals surface area contributed by atoms with Gasteiger partial charge >= 0.3 is 5.97 Å². The van der Waals surface area contributed by atoms with Crippen molar-refractivity contribution >= 4 is 18.4 Å². The molecule has 0 aromatic heterocycles. The van der Waals surface area contributed by atoms with Crippen LogP contribution in [-0.2, 0) is 16.1 Å². The summed E-state index contributed by atoms with van der Waals surface area (Å²) in [6, 6.07) is 14.9. The fourth-order valence-electron chi connectivity index (χ4n) is 3.90. The molecule has 5 nitrogen and oxygen atoms in total. The van der Waals surface area contributed by atoms with E-state index in [0.717, 1.165) is 36.5 Å². The van der Waals surface area contributed by atoms with Crippen molar-refractivity contribution in [2.24, 2.45) is 5.73 Å². The van der Waals surface area contributed by atoms with Gasteiger partial charge in [0, 0.05) is 31.6 Å². The van der Waals surface area contributed by atoms with Crippen molar-refractivity contribution in [3.63, 3.8) is 0 Å². The molecule has 2 atom stereocenters. The molecule has 1 saturated heterocycles. The summed E-state index contributed by atoms with van der Waals surface area (Å²) in [4.78, 5) is 13.7. The van der Waals surface area contributed by atoms with E-state index in [9.17, 15) is 4.79 Å². The second kappa shape index (κ2) is 9.92. The van der Waals surface area contributed by atoms with Crippen molar-refractivity contribution in [1.82, 2.24) is 4.90 Å². The highest BCUT2D eigenvalue weighted by atomic mass is 35.5. The minimum atomic E-state index is -0.379.